The second-order valence-corrected chi connectivity index (χ2v) is 7.66. The Hall–Kier alpha value is -3.11. The Balaban J connectivity index is 1.85. The zero-order valence-electron chi connectivity index (χ0n) is 17.4. The van der Waals surface area contributed by atoms with Gasteiger partial charge in [0.05, 0.1) is 6.61 Å². The Morgan fingerprint density at radius 3 is 2.53 bits per heavy atom. The highest BCUT2D eigenvalue weighted by atomic mass is 32.2. The minimum atomic E-state index is -0.103. The lowest BCUT2D eigenvalue weighted by atomic mass is 10.3. The van der Waals surface area contributed by atoms with Crippen LogP contribution in [0.5, 0.6) is 0 Å². The SMILES string of the molecule is COCCNc1nc(Sc2ccc(NC(C)=O)cc2)nc(Nc2cc(C)[nH]n2)c1C. The number of nitrogens with one attached hydrogen (secondary N) is 4. The summed E-state index contributed by atoms with van der Waals surface area (Å²) in [5, 5.41) is 17.0. The fraction of sp³-hybridized carbons (Fsp3) is 0.300. The van der Waals surface area contributed by atoms with Crippen LogP contribution in [0.4, 0.5) is 23.1 Å². The molecule has 30 heavy (non-hydrogen) atoms. The topological polar surface area (TPSA) is 117 Å². The van der Waals surface area contributed by atoms with Crippen LogP contribution in [0.1, 0.15) is 18.2 Å². The molecule has 0 spiro atoms. The van der Waals surface area contributed by atoms with E-state index in [4.69, 9.17) is 4.74 Å². The minimum absolute atomic E-state index is 0.103. The van der Waals surface area contributed by atoms with Gasteiger partial charge in [-0.1, -0.05) is 0 Å². The number of carbonyl (C=O) groups is 1. The summed E-state index contributed by atoms with van der Waals surface area (Å²) in [7, 11) is 1.66. The Labute approximate surface area is 179 Å². The molecule has 0 radical (unpaired) electrons. The molecule has 9 nitrogen and oxygen atoms in total. The number of benzene rings is 1. The fourth-order valence-corrected chi connectivity index (χ4v) is 3.38. The molecule has 0 aliphatic carbocycles. The Morgan fingerprint density at radius 2 is 1.90 bits per heavy atom. The summed E-state index contributed by atoms with van der Waals surface area (Å²) in [6.45, 7) is 6.57. The minimum Gasteiger partial charge on any atom is -0.383 e. The molecule has 158 valence electrons. The highest BCUT2D eigenvalue weighted by Crippen LogP contribution is 2.31. The molecule has 4 N–H and O–H groups in total. The van der Waals surface area contributed by atoms with Crippen molar-refractivity contribution < 1.29 is 9.53 Å². The quantitative estimate of drug-likeness (QED) is 0.301. The summed E-state index contributed by atoms with van der Waals surface area (Å²) < 4.78 is 5.13. The van der Waals surface area contributed by atoms with Crippen LogP contribution < -0.4 is 16.0 Å². The number of ether oxygens (including phenoxy) is 1. The number of hydrogen-bond donors (Lipinski definition) is 4. The summed E-state index contributed by atoms with van der Waals surface area (Å²) in [4.78, 5) is 21.5. The van der Waals surface area contributed by atoms with Crippen LogP contribution in [0.2, 0.25) is 0 Å². The average molecular weight is 428 g/mol. The highest BCUT2D eigenvalue weighted by molar-refractivity contribution is 7.99. The molecular formula is C20H25N7O2S. The molecule has 3 aromatic rings. The monoisotopic (exact) mass is 427 g/mol. The second kappa shape index (κ2) is 10.1. The summed E-state index contributed by atoms with van der Waals surface area (Å²) in [5.41, 5.74) is 2.59. The van der Waals surface area contributed by atoms with Crippen LogP contribution >= 0.6 is 11.8 Å². The lowest BCUT2D eigenvalue weighted by Crippen LogP contribution is -2.12. The van der Waals surface area contributed by atoms with Gasteiger partial charge in [-0.05, 0) is 49.9 Å². The highest BCUT2D eigenvalue weighted by Gasteiger charge is 2.13. The van der Waals surface area contributed by atoms with Gasteiger partial charge in [-0.2, -0.15) is 5.10 Å². The molecule has 1 amide bonds. The lowest BCUT2D eigenvalue weighted by molar-refractivity contribution is -0.114. The number of methoxy groups -OCH3 is 1. The van der Waals surface area contributed by atoms with Crippen molar-refractivity contribution in [1.82, 2.24) is 20.2 Å². The third-order valence-electron chi connectivity index (χ3n) is 4.06. The van der Waals surface area contributed by atoms with Gasteiger partial charge in [-0.3, -0.25) is 9.89 Å². The van der Waals surface area contributed by atoms with E-state index in [1.165, 1.54) is 18.7 Å². The van der Waals surface area contributed by atoms with Crippen LogP contribution in [0, 0.1) is 13.8 Å². The number of nitrogens with zero attached hydrogens (tertiary/aromatic N) is 3. The van der Waals surface area contributed by atoms with Crippen LogP contribution in [-0.2, 0) is 9.53 Å². The van der Waals surface area contributed by atoms with Crippen molar-refractivity contribution in [2.45, 2.75) is 30.8 Å². The maximum absolute atomic E-state index is 11.2. The third-order valence-corrected chi connectivity index (χ3v) is 4.93. The number of aromatic amines is 1. The number of hydrogen-bond acceptors (Lipinski definition) is 8. The molecule has 0 unspecified atom stereocenters. The van der Waals surface area contributed by atoms with Crippen molar-refractivity contribution in [2.75, 3.05) is 36.2 Å². The molecule has 3 rings (SSSR count). The molecule has 0 fully saturated rings. The van der Waals surface area contributed by atoms with E-state index >= 15 is 0 Å². The van der Waals surface area contributed by atoms with Gasteiger partial charge in [0.15, 0.2) is 11.0 Å². The van der Waals surface area contributed by atoms with Gasteiger partial charge >= 0.3 is 0 Å². The van der Waals surface area contributed by atoms with E-state index < -0.39 is 0 Å². The van der Waals surface area contributed by atoms with Gasteiger partial charge in [-0.15, -0.1) is 0 Å². The molecule has 0 atom stereocenters. The first kappa shape index (κ1) is 21.6. The molecule has 2 aromatic heterocycles. The zero-order chi connectivity index (χ0) is 21.5. The normalized spacial score (nSPS) is 10.7. The Bertz CT molecular complexity index is 1000. The van der Waals surface area contributed by atoms with Crippen LogP contribution in [0.15, 0.2) is 40.4 Å². The van der Waals surface area contributed by atoms with Gasteiger partial charge in [0, 0.05) is 48.5 Å². The van der Waals surface area contributed by atoms with Crippen molar-refractivity contribution in [3.05, 3.63) is 41.6 Å². The van der Waals surface area contributed by atoms with Crippen molar-refractivity contribution >= 4 is 40.8 Å². The number of anilines is 4. The first-order valence-electron chi connectivity index (χ1n) is 9.40. The van der Waals surface area contributed by atoms with E-state index in [-0.39, 0.29) is 5.91 Å². The Kier molecular flexibility index (Phi) is 7.26. The lowest BCUT2D eigenvalue weighted by Gasteiger charge is -2.14. The summed E-state index contributed by atoms with van der Waals surface area (Å²) in [6.07, 6.45) is 0. The molecule has 2 heterocycles. The first-order chi connectivity index (χ1) is 14.4. The van der Waals surface area contributed by atoms with E-state index in [0.717, 1.165) is 27.7 Å². The number of amides is 1. The van der Waals surface area contributed by atoms with E-state index in [9.17, 15) is 4.79 Å². The number of carbonyl (C=O) groups excluding carboxylic acids is 1. The first-order valence-corrected chi connectivity index (χ1v) is 10.2. The average Bonchev–Trinajstić information content (AvgIpc) is 3.11. The molecule has 0 bridgehead atoms. The van der Waals surface area contributed by atoms with Crippen LogP contribution in [0.25, 0.3) is 0 Å². The maximum atomic E-state index is 11.2. The van der Waals surface area contributed by atoms with Crippen molar-refractivity contribution in [3.8, 4) is 0 Å². The predicted octanol–water partition coefficient (Wildman–Crippen LogP) is 3.73. The molecule has 0 saturated heterocycles. The standard InChI is InChI=1S/C20H25N7O2S/c1-12-11-17(27-26-12)23-19-13(2)18(21-9-10-29-4)24-20(25-19)30-16-7-5-15(6-8-16)22-14(3)28/h5-8,11H,9-10H2,1-4H3,(H,22,28)(H3,21,23,24,25,26,27). The largest absolute Gasteiger partial charge is 0.383 e. The molecule has 0 saturated carbocycles. The van der Waals surface area contributed by atoms with Gasteiger partial charge < -0.3 is 20.7 Å². The van der Waals surface area contributed by atoms with Gasteiger partial charge in [0.2, 0.25) is 5.91 Å². The van der Waals surface area contributed by atoms with E-state index in [1.54, 1.807) is 7.11 Å². The van der Waals surface area contributed by atoms with E-state index in [2.05, 4.69) is 36.1 Å². The summed E-state index contributed by atoms with van der Waals surface area (Å²) in [6, 6.07) is 9.44. The van der Waals surface area contributed by atoms with Gasteiger partial charge in [-0.25, -0.2) is 9.97 Å². The van der Waals surface area contributed by atoms with E-state index in [1.807, 2.05) is 44.2 Å². The fourth-order valence-electron chi connectivity index (χ4n) is 2.63. The number of aryl methyl sites for hydroxylation is 1. The van der Waals surface area contributed by atoms with Gasteiger partial charge in [0.25, 0.3) is 0 Å². The van der Waals surface area contributed by atoms with Crippen molar-refractivity contribution in [2.24, 2.45) is 0 Å². The molecule has 1 aromatic carbocycles. The van der Waals surface area contributed by atoms with Crippen molar-refractivity contribution in [3.63, 3.8) is 0 Å². The summed E-state index contributed by atoms with van der Waals surface area (Å²) in [5.74, 6) is 1.99. The van der Waals surface area contributed by atoms with Crippen LogP contribution in [-0.4, -0.2) is 46.3 Å². The third kappa shape index (κ3) is 5.94. The molecular weight excluding hydrogens is 402 g/mol. The molecule has 0 aliphatic heterocycles. The smallest absolute Gasteiger partial charge is 0.221 e. The van der Waals surface area contributed by atoms with Gasteiger partial charge in [0.1, 0.15) is 11.6 Å². The molecule has 0 aliphatic rings. The van der Waals surface area contributed by atoms with Crippen molar-refractivity contribution in [1.29, 1.82) is 0 Å². The summed E-state index contributed by atoms with van der Waals surface area (Å²) >= 11 is 1.43. The Morgan fingerprint density at radius 1 is 1.17 bits per heavy atom. The maximum Gasteiger partial charge on any atom is 0.221 e. The number of rotatable bonds is 9. The van der Waals surface area contributed by atoms with E-state index in [0.29, 0.717) is 29.9 Å². The zero-order valence-corrected chi connectivity index (χ0v) is 18.2. The predicted molar refractivity (Wildman–Crippen MR) is 119 cm³/mol. The van der Waals surface area contributed by atoms with Crippen LogP contribution in [0.3, 0.4) is 0 Å². The number of aromatic nitrogens is 4. The number of H-pyrrole nitrogens is 1. The molecule has 10 heteroatoms. The second-order valence-electron chi connectivity index (χ2n) is 6.62.